The number of nitrogens with one attached hydrogen (secondary N) is 4. The van der Waals surface area contributed by atoms with Crippen molar-refractivity contribution in [2.24, 2.45) is 14.1 Å². The van der Waals surface area contributed by atoms with E-state index in [9.17, 15) is 19.2 Å². The summed E-state index contributed by atoms with van der Waals surface area (Å²) in [6.07, 6.45) is 7.91. The Balaban J connectivity index is 0.00000176. The number of benzene rings is 10. The van der Waals surface area contributed by atoms with E-state index in [1.165, 1.54) is 9.13 Å². The molecule has 10 aromatic carbocycles. The Hall–Kier alpha value is -14.3. The number of aromatic nitrogens is 8. The van der Waals surface area contributed by atoms with Crippen molar-refractivity contribution in [1.82, 2.24) is 39.0 Å². The fourth-order valence-electron chi connectivity index (χ4n) is 14.1. The van der Waals surface area contributed by atoms with Crippen LogP contribution in [0.25, 0.3) is 44.1 Å². The van der Waals surface area contributed by atoms with Gasteiger partial charge in [0.1, 0.15) is 23.1 Å². The van der Waals surface area contributed by atoms with Gasteiger partial charge in [-0.3, -0.25) is 28.8 Å². The third kappa shape index (κ3) is 14.4. The maximum atomic E-state index is 15.0. The van der Waals surface area contributed by atoms with Crippen LogP contribution in [0.5, 0.6) is 23.5 Å². The first-order chi connectivity index (χ1) is 53.8. The van der Waals surface area contributed by atoms with Crippen molar-refractivity contribution in [3.05, 3.63) is 317 Å². The highest BCUT2D eigenvalue weighted by Gasteiger charge is 2.37. The van der Waals surface area contributed by atoms with Gasteiger partial charge in [-0.1, -0.05) is 172 Å². The van der Waals surface area contributed by atoms with E-state index in [2.05, 4.69) is 34.1 Å². The summed E-state index contributed by atoms with van der Waals surface area (Å²) >= 11 is 0. The summed E-state index contributed by atoms with van der Waals surface area (Å²) < 4.78 is 15.5. The van der Waals surface area contributed by atoms with Crippen molar-refractivity contribution >= 4 is 91.0 Å². The Labute approximate surface area is 641 Å². The third-order valence-corrected chi connectivity index (χ3v) is 19.2. The zero-order valence-corrected chi connectivity index (χ0v) is 63.3. The van der Waals surface area contributed by atoms with Crippen LogP contribution in [0.3, 0.4) is 0 Å². The Bertz CT molecular complexity index is 5890. The van der Waals surface area contributed by atoms with Gasteiger partial charge in [0.15, 0.2) is 23.1 Å². The Morgan fingerprint density at radius 2 is 0.721 bits per heavy atom. The molecule has 16 rings (SSSR count). The first kappa shape index (κ1) is 74.9. The number of ether oxygens (including phenoxy) is 2. The van der Waals surface area contributed by atoms with Gasteiger partial charge in [0, 0.05) is 81.0 Å². The lowest BCUT2D eigenvalue weighted by molar-refractivity contribution is 0.102. The summed E-state index contributed by atoms with van der Waals surface area (Å²) in [6, 6.07) is 61.5. The SMILES string of the molecule is C#C.CC.CC.Cc1cccc(C(=O)c2c3c4c(c(Nc5cc(Nc6nc(Cc7nc(Nc8cc(Nc9ccc%10c%11c9C(=O)c9ccccc9-c%11c(C(=O)c9cccc(C)c9)c(=O)n%10C)c(C)cc8C)nc(Oc8ccccc8)n7)nc(Oc7ccccc7)n6)c(C)cc5C)ccc4n(C)c2=O)C(=O)c2ccccc2-3)c1. The Morgan fingerprint density at radius 3 is 1.09 bits per heavy atom. The molecule has 2 aliphatic rings. The second kappa shape index (κ2) is 31.6. The van der Waals surface area contributed by atoms with Crippen LogP contribution in [0.15, 0.2) is 216 Å². The summed E-state index contributed by atoms with van der Waals surface area (Å²) in [6.45, 7) is 19.6. The van der Waals surface area contributed by atoms with Crippen LogP contribution in [0.2, 0.25) is 0 Å². The lowest BCUT2D eigenvalue weighted by Crippen LogP contribution is -2.29. The fraction of sp³-hybridized carbons (Fsp3) is 0.143. The predicted octanol–water partition coefficient (Wildman–Crippen LogP) is 18.9. The van der Waals surface area contributed by atoms with Gasteiger partial charge in [-0.2, -0.15) is 29.9 Å². The van der Waals surface area contributed by atoms with Gasteiger partial charge in [0.25, 0.3) is 11.1 Å². The molecule has 0 aliphatic heterocycles. The molecule has 0 radical (unpaired) electrons. The molecule has 550 valence electrons. The number of hydrogen-bond donors (Lipinski definition) is 4. The molecule has 4 N–H and O–H groups in total. The monoisotopic (exact) mass is 1470 g/mol. The van der Waals surface area contributed by atoms with Crippen LogP contribution in [-0.4, -0.2) is 62.2 Å². The normalized spacial score (nSPS) is 11.3. The number of anilines is 8. The molecule has 4 heterocycles. The van der Waals surface area contributed by atoms with E-state index < -0.39 is 22.7 Å². The summed E-state index contributed by atoms with van der Waals surface area (Å²) in [7, 11) is 3.23. The Morgan fingerprint density at radius 1 is 0.369 bits per heavy atom. The molecule has 14 aromatic rings. The number of terminal acetylenes is 1. The smallest absolute Gasteiger partial charge is 0.327 e. The van der Waals surface area contributed by atoms with Crippen molar-refractivity contribution in [1.29, 1.82) is 0 Å². The van der Waals surface area contributed by atoms with Gasteiger partial charge < -0.3 is 39.9 Å². The molecule has 2 aliphatic carbocycles. The number of nitrogens with zero attached hydrogens (tertiary/aromatic N) is 8. The number of carbonyl (C=O) groups is 4. The molecule has 4 aromatic heterocycles. The zero-order valence-electron chi connectivity index (χ0n) is 63.3. The van der Waals surface area contributed by atoms with Crippen molar-refractivity contribution in [2.45, 2.75) is 75.7 Å². The molecule has 0 saturated heterocycles. The number of para-hydroxylation sites is 2. The minimum Gasteiger partial charge on any atom is -0.424 e. The lowest BCUT2D eigenvalue weighted by atomic mass is 9.80. The molecule has 20 nitrogen and oxygen atoms in total. The predicted molar refractivity (Wildman–Crippen MR) is 438 cm³/mol. The maximum absolute atomic E-state index is 15.0. The number of carbonyl (C=O) groups excluding carboxylic acids is 4. The first-order valence-corrected chi connectivity index (χ1v) is 36.3. The van der Waals surface area contributed by atoms with Gasteiger partial charge in [-0.05, 0) is 148 Å². The zero-order chi connectivity index (χ0) is 78.6. The van der Waals surface area contributed by atoms with Crippen LogP contribution < -0.4 is 41.9 Å². The van der Waals surface area contributed by atoms with Gasteiger partial charge >= 0.3 is 12.0 Å². The van der Waals surface area contributed by atoms with Crippen molar-refractivity contribution in [3.8, 4) is 58.6 Å². The molecule has 0 saturated carbocycles. The molecule has 0 atom stereocenters. The van der Waals surface area contributed by atoms with Crippen molar-refractivity contribution in [3.63, 3.8) is 0 Å². The number of pyridine rings is 2. The van der Waals surface area contributed by atoms with E-state index in [4.69, 9.17) is 39.4 Å². The number of ketones is 4. The highest BCUT2D eigenvalue weighted by molar-refractivity contribution is 6.32. The maximum Gasteiger partial charge on any atom is 0.327 e. The second-order valence-corrected chi connectivity index (χ2v) is 26.3. The molecule has 0 amide bonds. The number of fused-ring (bicyclic) bond motifs is 4. The van der Waals surface area contributed by atoms with Gasteiger partial charge in [-0.25, -0.2) is 0 Å². The van der Waals surface area contributed by atoms with Gasteiger partial charge in [-0.15, -0.1) is 12.8 Å². The molecule has 0 fully saturated rings. The minimum atomic E-state index is -0.475. The summed E-state index contributed by atoms with van der Waals surface area (Å²) in [4.78, 5) is 117. The van der Waals surface area contributed by atoms with Crippen LogP contribution in [0.4, 0.5) is 46.0 Å². The molecule has 20 heteroatoms. The second-order valence-electron chi connectivity index (χ2n) is 26.3. The fourth-order valence-corrected chi connectivity index (χ4v) is 14.1. The number of aryl methyl sites for hydroxylation is 8. The molecule has 0 bridgehead atoms. The lowest BCUT2D eigenvalue weighted by Gasteiger charge is -2.26. The highest BCUT2D eigenvalue weighted by atomic mass is 16.5. The van der Waals surface area contributed by atoms with Crippen LogP contribution >= 0.6 is 0 Å². The van der Waals surface area contributed by atoms with E-state index in [1.807, 2.05) is 142 Å². The summed E-state index contributed by atoms with van der Waals surface area (Å²) in [5, 5.41) is 15.0. The quantitative estimate of drug-likeness (QED) is 0.0460. The van der Waals surface area contributed by atoms with Crippen LogP contribution in [0, 0.1) is 54.4 Å². The standard InChI is InChI=1S/C85H64N12O8.2C2H6.C2H2/c1-44-21-19-23-50(37-44)76(98)74-68-54-29-15-17-31-56(54)78(100)70-58(33-35-64(72(68)70)96(7)80(74)102)86-60-41-62(48(5)39-46(60)3)88-82-90-66(92-84(94-82)104-52-25-11-9-12-26-52)43-67-91-83(95-85(93-67)105-53-27-13-10-14-28-53)89-63-42-61(47(4)40-49(63)6)87-59-34-36-65-73-69(55-30-16-18-32-57(55)79(101)71(59)73)75(81(103)97(65)8)77(99)51-24-20-22-45(2)38-51;3*1-2/h9-42,86-87H,43H2,1-8H3,(H,88,90,92,94)(H,89,91,93,95);2*1-2H3;1-2H. The van der Waals surface area contributed by atoms with Crippen LogP contribution in [0.1, 0.15) is 136 Å². The van der Waals surface area contributed by atoms with Crippen molar-refractivity contribution in [2.75, 3.05) is 21.3 Å². The van der Waals surface area contributed by atoms with E-state index in [0.717, 1.165) is 33.4 Å². The summed E-state index contributed by atoms with van der Waals surface area (Å²) in [5.74, 6) is 0.123. The largest absolute Gasteiger partial charge is 0.424 e. The molecule has 0 spiro atoms. The minimum absolute atomic E-state index is 0.0222. The topological polar surface area (TPSA) is 256 Å². The highest BCUT2D eigenvalue weighted by Crippen LogP contribution is 2.47. The molecular weight excluding hydrogens is 1390 g/mol. The van der Waals surface area contributed by atoms with E-state index in [0.29, 0.717) is 123 Å². The average Bonchev–Trinajstić information content (AvgIpc) is 0.712. The third-order valence-electron chi connectivity index (χ3n) is 19.2. The Kier molecular flexibility index (Phi) is 21.4. The van der Waals surface area contributed by atoms with E-state index >= 15 is 9.59 Å². The first-order valence-electron chi connectivity index (χ1n) is 36.3. The molecule has 0 unspecified atom stereocenters. The van der Waals surface area contributed by atoms with E-state index in [1.54, 1.807) is 148 Å². The van der Waals surface area contributed by atoms with Crippen LogP contribution in [-0.2, 0) is 20.5 Å². The van der Waals surface area contributed by atoms with Gasteiger partial charge in [0.05, 0.1) is 51.1 Å². The molecular formula is C91H78N12O8. The van der Waals surface area contributed by atoms with Crippen molar-refractivity contribution < 1.29 is 28.7 Å². The average molecular weight is 1470 g/mol. The van der Waals surface area contributed by atoms with Gasteiger partial charge in [0.2, 0.25) is 11.9 Å². The number of rotatable bonds is 18. The summed E-state index contributed by atoms with van der Waals surface area (Å²) in [5.41, 5.74) is 12.3. The number of hydrogen-bond acceptors (Lipinski definition) is 18. The van der Waals surface area contributed by atoms with E-state index in [-0.39, 0.29) is 64.7 Å². The molecule has 111 heavy (non-hydrogen) atoms.